The number of aryl methyl sites for hydroxylation is 1. The Kier molecular flexibility index (Phi) is 2.99. The molecule has 1 rings (SSSR count). The molecule has 0 spiro atoms. The highest BCUT2D eigenvalue weighted by atomic mass is 32.2. The van der Waals surface area contributed by atoms with Crippen molar-refractivity contribution in [3.63, 3.8) is 0 Å². The first-order valence-electron chi connectivity index (χ1n) is 4.02. The summed E-state index contributed by atoms with van der Waals surface area (Å²) in [6.07, 6.45) is 0. The number of ether oxygens (including phenoxy) is 1. The monoisotopic (exact) mass is 230 g/mol. The van der Waals surface area contributed by atoms with E-state index in [1.54, 1.807) is 13.0 Å². The van der Waals surface area contributed by atoms with Crippen LogP contribution in [-0.4, -0.2) is 25.9 Å². The van der Waals surface area contributed by atoms with Crippen LogP contribution >= 0.6 is 0 Å². The van der Waals surface area contributed by atoms with Crippen LogP contribution in [0, 0.1) is 6.92 Å². The normalized spacial score (nSPS) is 11.1. The molecule has 0 aliphatic carbocycles. The lowest BCUT2D eigenvalue weighted by molar-refractivity contribution is 0.219. The van der Waals surface area contributed by atoms with Gasteiger partial charge in [0, 0.05) is 0 Å². The molecule has 0 fully saturated rings. The molecular formula is C9H10O5S. The van der Waals surface area contributed by atoms with E-state index in [1.165, 1.54) is 19.2 Å². The van der Waals surface area contributed by atoms with Gasteiger partial charge in [0.2, 0.25) is 0 Å². The zero-order valence-corrected chi connectivity index (χ0v) is 9.04. The fourth-order valence-corrected chi connectivity index (χ4v) is 2.03. The van der Waals surface area contributed by atoms with Gasteiger partial charge in [-0.3, -0.25) is 0 Å². The molecule has 82 valence electrons. The number of benzene rings is 1. The summed E-state index contributed by atoms with van der Waals surface area (Å²) in [5.41, 5.74) is 0.649. The van der Waals surface area contributed by atoms with Crippen molar-refractivity contribution in [2.24, 2.45) is 0 Å². The summed E-state index contributed by atoms with van der Waals surface area (Å²) in [6, 6.07) is 4.33. The number of carboxylic acid groups (broad SMARTS) is 1. The molecule has 0 saturated heterocycles. The highest BCUT2D eigenvalue weighted by Crippen LogP contribution is 2.25. The van der Waals surface area contributed by atoms with E-state index < -0.39 is 15.1 Å². The molecule has 0 bridgehead atoms. The minimum Gasteiger partial charge on any atom is -0.495 e. The Morgan fingerprint density at radius 2 is 2.00 bits per heavy atom. The van der Waals surface area contributed by atoms with Crippen LogP contribution in [-0.2, 0) is 9.84 Å². The lowest BCUT2D eigenvalue weighted by atomic mass is 10.2. The van der Waals surface area contributed by atoms with Crippen LogP contribution in [0.15, 0.2) is 23.1 Å². The van der Waals surface area contributed by atoms with Gasteiger partial charge in [-0.05, 0) is 24.6 Å². The van der Waals surface area contributed by atoms with E-state index in [4.69, 9.17) is 9.84 Å². The summed E-state index contributed by atoms with van der Waals surface area (Å²) in [5, 5.41) is 6.68. The van der Waals surface area contributed by atoms with Crippen LogP contribution in [0.3, 0.4) is 0 Å². The van der Waals surface area contributed by atoms with Crippen molar-refractivity contribution in [2.45, 2.75) is 11.8 Å². The van der Waals surface area contributed by atoms with E-state index in [2.05, 4.69) is 0 Å². The topological polar surface area (TPSA) is 80.7 Å². The lowest BCUT2D eigenvalue weighted by Crippen LogP contribution is -2.13. The first-order valence-corrected chi connectivity index (χ1v) is 5.50. The molecule has 0 saturated carbocycles. The van der Waals surface area contributed by atoms with E-state index in [-0.39, 0.29) is 10.6 Å². The van der Waals surface area contributed by atoms with Crippen LogP contribution in [0.25, 0.3) is 0 Å². The molecule has 1 aromatic rings. The van der Waals surface area contributed by atoms with Crippen molar-refractivity contribution in [2.75, 3.05) is 7.11 Å². The Bertz CT molecular complexity index is 489. The highest BCUT2D eigenvalue weighted by Gasteiger charge is 2.27. The van der Waals surface area contributed by atoms with Gasteiger partial charge in [-0.15, -0.1) is 0 Å². The highest BCUT2D eigenvalue weighted by molar-refractivity contribution is 8.05. The lowest BCUT2D eigenvalue weighted by Gasteiger charge is -2.07. The summed E-state index contributed by atoms with van der Waals surface area (Å²) in [7, 11) is -3.07. The fourth-order valence-electron chi connectivity index (χ4n) is 1.09. The number of hydrogen-bond donors (Lipinski definition) is 1. The number of rotatable bonds is 2. The summed E-state index contributed by atoms with van der Waals surface area (Å²) >= 11 is 0. The van der Waals surface area contributed by atoms with Crippen LogP contribution in [0.5, 0.6) is 5.75 Å². The van der Waals surface area contributed by atoms with Crippen molar-refractivity contribution >= 4 is 15.1 Å². The third kappa shape index (κ3) is 2.10. The maximum Gasteiger partial charge on any atom is 0.427 e. The molecule has 1 N–H and O–H groups in total. The molecule has 15 heavy (non-hydrogen) atoms. The van der Waals surface area contributed by atoms with Gasteiger partial charge < -0.3 is 9.84 Å². The average Bonchev–Trinajstić information content (AvgIpc) is 2.17. The summed E-state index contributed by atoms with van der Waals surface area (Å²) in [6.45, 7) is 1.67. The molecular weight excluding hydrogens is 220 g/mol. The van der Waals surface area contributed by atoms with Crippen LogP contribution in [0.1, 0.15) is 5.56 Å². The zero-order chi connectivity index (χ0) is 11.6. The third-order valence-electron chi connectivity index (χ3n) is 1.84. The average molecular weight is 230 g/mol. The molecule has 0 aromatic heterocycles. The van der Waals surface area contributed by atoms with Gasteiger partial charge >= 0.3 is 5.30 Å². The molecule has 0 amide bonds. The molecule has 0 unspecified atom stereocenters. The van der Waals surface area contributed by atoms with Gasteiger partial charge in [0.25, 0.3) is 9.84 Å². The first kappa shape index (κ1) is 11.5. The largest absolute Gasteiger partial charge is 0.495 e. The molecule has 0 aliphatic heterocycles. The second-order valence-corrected chi connectivity index (χ2v) is 4.72. The van der Waals surface area contributed by atoms with Crippen molar-refractivity contribution in [1.29, 1.82) is 0 Å². The second kappa shape index (κ2) is 3.90. The van der Waals surface area contributed by atoms with Gasteiger partial charge in [-0.1, -0.05) is 6.07 Å². The number of sulfone groups is 1. The molecule has 0 atom stereocenters. The molecule has 5 nitrogen and oxygen atoms in total. The Hall–Kier alpha value is -1.56. The van der Waals surface area contributed by atoms with Gasteiger partial charge in [0.1, 0.15) is 10.6 Å². The zero-order valence-electron chi connectivity index (χ0n) is 8.22. The Morgan fingerprint density at radius 3 is 2.47 bits per heavy atom. The molecule has 0 heterocycles. The number of methoxy groups -OCH3 is 1. The van der Waals surface area contributed by atoms with Crippen molar-refractivity contribution in [3.05, 3.63) is 23.8 Å². The standard InChI is InChI=1S/C9H10O5S/c1-6-3-4-7(14-2)8(5-6)15(12,13)9(10)11/h3-5H,1-2H3,(H,10,11). The molecule has 0 aliphatic rings. The predicted molar refractivity (Wildman–Crippen MR) is 52.9 cm³/mol. The summed E-state index contributed by atoms with van der Waals surface area (Å²) < 4.78 is 27.6. The summed E-state index contributed by atoms with van der Waals surface area (Å²) in [4.78, 5) is 10.2. The number of hydrogen-bond acceptors (Lipinski definition) is 4. The maximum absolute atomic E-state index is 11.4. The quantitative estimate of drug-likeness (QED) is 0.831. The predicted octanol–water partition coefficient (Wildman–Crippen LogP) is 1.46. The van der Waals surface area contributed by atoms with E-state index in [0.717, 1.165) is 0 Å². The van der Waals surface area contributed by atoms with Crippen LogP contribution in [0.4, 0.5) is 4.79 Å². The minimum absolute atomic E-state index is 0.0306. The maximum atomic E-state index is 11.4. The third-order valence-corrected chi connectivity index (χ3v) is 3.20. The van der Waals surface area contributed by atoms with E-state index in [1.807, 2.05) is 0 Å². The Balaban J connectivity index is 3.49. The van der Waals surface area contributed by atoms with Crippen molar-refractivity contribution in [1.82, 2.24) is 0 Å². The Morgan fingerprint density at radius 1 is 1.40 bits per heavy atom. The molecule has 1 aromatic carbocycles. The second-order valence-electron chi connectivity index (χ2n) is 2.92. The van der Waals surface area contributed by atoms with Crippen molar-refractivity contribution in [3.8, 4) is 5.75 Å². The fraction of sp³-hybridized carbons (Fsp3) is 0.222. The SMILES string of the molecule is COc1ccc(C)cc1S(=O)(=O)C(=O)O. The molecule has 0 radical (unpaired) electrons. The van der Waals surface area contributed by atoms with Gasteiger partial charge in [-0.25, -0.2) is 13.2 Å². The van der Waals surface area contributed by atoms with E-state index in [9.17, 15) is 13.2 Å². The minimum atomic E-state index is -4.35. The smallest absolute Gasteiger partial charge is 0.427 e. The summed E-state index contributed by atoms with van der Waals surface area (Å²) in [5.74, 6) is 0.0306. The Labute approximate surface area is 87.2 Å². The van der Waals surface area contributed by atoms with E-state index in [0.29, 0.717) is 5.56 Å². The van der Waals surface area contributed by atoms with Gasteiger partial charge in [0.05, 0.1) is 7.11 Å². The van der Waals surface area contributed by atoms with Gasteiger partial charge in [0.15, 0.2) is 0 Å². The van der Waals surface area contributed by atoms with Crippen molar-refractivity contribution < 1.29 is 23.1 Å². The first-order chi connectivity index (χ1) is 6.89. The number of carbonyl (C=O) groups is 1. The van der Waals surface area contributed by atoms with E-state index >= 15 is 0 Å². The van der Waals surface area contributed by atoms with Crippen LogP contribution < -0.4 is 4.74 Å². The molecule has 6 heteroatoms. The van der Waals surface area contributed by atoms with Gasteiger partial charge in [-0.2, -0.15) is 0 Å². The van der Waals surface area contributed by atoms with Crippen LogP contribution in [0.2, 0.25) is 0 Å².